The van der Waals surface area contributed by atoms with Gasteiger partial charge in [-0.15, -0.1) is 0 Å². The van der Waals surface area contributed by atoms with Gasteiger partial charge in [-0.2, -0.15) is 5.10 Å². The van der Waals surface area contributed by atoms with Crippen LogP contribution in [-0.2, 0) is 14.3 Å². The molecule has 1 aromatic rings. The van der Waals surface area contributed by atoms with Gasteiger partial charge in [-0.25, -0.2) is 5.43 Å². The Morgan fingerprint density at radius 3 is 2.41 bits per heavy atom. The molecule has 0 fully saturated rings. The molecule has 0 heterocycles. The summed E-state index contributed by atoms with van der Waals surface area (Å²) in [5, 5.41) is 3.92. The Labute approximate surface area is 139 Å². The molecule has 6 heteroatoms. The number of nitrogens with zero attached hydrogens (tertiary/aromatic N) is 1. The average Bonchev–Trinajstić information content (AvgIpc) is 2.52. The fourth-order valence-electron chi connectivity index (χ4n) is 1.79. The van der Waals surface area contributed by atoms with Crippen molar-refractivity contribution in [3.8, 4) is 0 Å². The van der Waals surface area contributed by atoms with Gasteiger partial charge in [-0.1, -0.05) is 40.9 Å². The number of methoxy groups -OCH3 is 1. The fraction of sp³-hybridized carbons (Fsp3) is 0.438. The summed E-state index contributed by atoms with van der Waals surface area (Å²) < 4.78 is 5.56. The lowest BCUT2D eigenvalue weighted by molar-refractivity contribution is -0.140. The first kappa shape index (κ1) is 18.4. The molecule has 0 aliphatic rings. The highest BCUT2D eigenvalue weighted by molar-refractivity contribution is 9.10. The lowest BCUT2D eigenvalue weighted by atomic mass is 10.1. The Morgan fingerprint density at radius 1 is 1.14 bits per heavy atom. The molecule has 1 amide bonds. The maximum absolute atomic E-state index is 11.6. The number of hydrazone groups is 1. The average molecular weight is 369 g/mol. The molecule has 1 N–H and O–H groups in total. The van der Waals surface area contributed by atoms with E-state index in [2.05, 4.69) is 31.2 Å². The number of carbonyl (C=O) groups excluding carboxylic acids is 2. The molecule has 0 radical (unpaired) electrons. The standard InChI is InChI=1S/C16H21BrN2O3/c1-22-16(21)7-5-3-2-4-6-15(20)19-18-12-13-8-10-14(17)11-9-13/h8-12H,2-7H2,1H3,(H,19,20)/b18-12+. The zero-order chi connectivity index (χ0) is 16.2. The summed E-state index contributed by atoms with van der Waals surface area (Å²) in [6.45, 7) is 0. The molecule has 0 aromatic heterocycles. The predicted octanol–water partition coefficient (Wildman–Crippen LogP) is 3.41. The van der Waals surface area contributed by atoms with Crippen LogP contribution in [0.2, 0.25) is 0 Å². The third-order valence-corrected chi connectivity index (χ3v) is 3.56. The van der Waals surface area contributed by atoms with Crippen molar-refractivity contribution in [2.75, 3.05) is 7.11 Å². The highest BCUT2D eigenvalue weighted by atomic mass is 79.9. The summed E-state index contributed by atoms with van der Waals surface area (Å²) in [7, 11) is 1.39. The largest absolute Gasteiger partial charge is 0.469 e. The van der Waals surface area contributed by atoms with Crippen LogP contribution in [0.3, 0.4) is 0 Å². The van der Waals surface area contributed by atoms with E-state index >= 15 is 0 Å². The number of ether oxygens (including phenoxy) is 1. The van der Waals surface area contributed by atoms with Crippen molar-refractivity contribution in [2.24, 2.45) is 5.10 Å². The van der Waals surface area contributed by atoms with Crippen molar-refractivity contribution >= 4 is 34.0 Å². The number of benzene rings is 1. The molecule has 0 aliphatic heterocycles. The highest BCUT2D eigenvalue weighted by Crippen LogP contribution is 2.09. The van der Waals surface area contributed by atoms with E-state index in [9.17, 15) is 9.59 Å². The minimum absolute atomic E-state index is 0.0960. The summed E-state index contributed by atoms with van der Waals surface area (Å²) in [6.07, 6.45) is 5.93. The van der Waals surface area contributed by atoms with E-state index in [0.717, 1.165) is 35.7 Å². The number of rotatable bonds is 9. The molecule has 0 bridgehead atoms. The molecule has 0 aliphatic carbocycles. The number of hydrogen-bond acceptors (Lipinski definition) is 4. The third kappa shape index (κ3) is 8.56. The van der Waals surface area contributed by atoms with Crippen LogP contribution in [0.5, 0.6) is 0 Å². The highest BCUT2D eigenvalue weighted by Gasteiger charge is 2.01. The smallest absolute Gasteiger partial charge is 0.305 e. The van der Waals surface area contributed by atoms with E-state index in [1.165, 1.54) is 7.11 Å². The van der Waals surface area contributed by atoms with Gasteiger partial charge < -0.3 is 4.74 Å². The number of hydrogen-bond donors (Lipinski definition) is 1. The van der Waals surface area contributed by atoms with Crippen LogP contribution in [-0.4, -0.2) is 25.2 Å². The van der Waals surface area contributed by atoms with E-state index in [1.54, 1.807) is 6.21 Å². The van der Waals surface area contributed by atoms with E-state index < -0.39 is 0 Å². The van der Waals surface area contributed by atoms with Crippen molar-refractivity contribution in [3.63, 3.8) is 0 Å². The van der Waals surface area contributed by atoms with Crippen LogP contribution < -0.4 is 5.43 Å². The zero-order valence-corrected chi connectivity index (χ0v) is 14.3. The molecule has 1 aromatic carbocycles. The molecule has 120 valence electrons. The quantitative estimate of drug-likeness (QED) is 0.314. The monoisotopic (exact) mass is 368 g/mol. The first-order valence-electron chi connectivity index (χ1n) is 7.26. The topological polar surface area (TPSA) is 67.8 Å². The molecule has 0 unspecified atom stereocenters. The predicted molar refractivity (Wildman–Crippen MR) is 89.6 cm³/mol. The second-order valence-corrected chi connectivity index (χ2v) is 5.75. The minimum atomic E-state index is -0.181. The van der Waals surface area contributed by atoms with E-state index in [1.807, 2.05) is 24.3 Å². The van der Waals surface area contributed by atoms with Gasteiger partial charge in [0.2, 0.25) is 5.91 Å². The first-order valence-corrected chi connectivity index (χ1v) is 8.05. The summed E-state index contributed by atoms with van der Waals surface area (Å²) in [5.74, 6) is -0.277. The number of halogens is 1. The molecule has 5 nitrogen and oxygen atoms in total. The molecule has 1 rings (SSSR count). The van der Waals surface area contributed by atoms with Gasteiger partial charge in [0.25, 0.3) is 0 Å². The maximum Gasteiger partial charge on any atom is 0.305 e. The maximum atomic E-state index is 11.6. The van der Waals surface area contributed by atoms with Crippen LogP contribution in [0.1, 0.15) is 44.1 Å². The Hall–Kier alpha value is -1.69. The lowest BCUT2D eigenvalue weighted by Crippen LogP contribution is -2.16. The summed E-state index contributed by atoms with van der Waals surface area (Å²) in [6, 6.07) is 7.64. The fourth-order valence-corrected chi connectivity index (χ4v) is 2.06. The number of carbonyl (C=O) groups is 2. The number of amides is 1. The second-order valence-electron chi connectivity index (χ2n) is 4.84. The van der Waals surface area contributed by atoms with Gasteiger partial charge in [-0.05, 0) is 30.5 Å². The number of nitrogens with one attached hydrogen (secondary N) is 1. The van der Waals surface area contributed by atoms with Crippen LogP contribution >= 0.6 is 15.9 Å². The Bertz CT molecular complexity index is 501. The Kier molecular flexibility index (Phi) is 9.14. The van der Waals surface area contributed by atoms with Crippen LogP contribution in [0.15, 0.2) is 33.8 Å². The molecule has 0 saturated heterocycles. The van der Waals surface area contributed by atoms with E-state index in [0.29, 0.717) is 12.8 Å². The molecule has 0 saturated carbocycles. The minimum Gasteiger partial charge on any atom is -0.469 e. The Morgan fingerprint density at radius 2 is 1.77 bits per heavy atom. The van der Waals surface area contributed by atoms with E-state index in [-0.39, 0.29) is 11.9 Å². The third-order valence-electron chi connectivity index (χ3n) is 3.04. The number of esters is 1. The molecule has 22 heavy (non-hydrogen) atoms. The van der Waals surface area contributed by atoms with Crippen molar-refractivity contribution in [1.82, 2.24) is 5.43 Å². The normalized spacial score (nSPS) is 10.6. The first-order chi connectivity index (χ1) is 10.6. The van der Waals surface area contributed by atoms with Gasteiger partial charge in [0.05, 0.1) is 13.3 Å². The lowest BCUT2D eigenvalue weighted by Gasteiger charge is -2.01. The van der Waals surface area contributed by atoms with Gasteiger partial charge >= 0.3 is 5.97 Å². The summed E-state index contributed by atoms with van der Waals surface area (Å²) in [4.78, 5) is 22.5. The molecular weight excluding hydrogens is 348 g/mol. The van der Waals surface area contributed by atoms with Crippen LogP contribution in [0, 0.1) is 0 Å². The number of unbranched alkanes of at least 4 members (excludes halogenated alkanes) is 3. The SMILES string of the molecule is COC(=O)CCCCCCC(=O)N/N=C/c1ccc(Br)cc1. The van der Waals surface area contributed by atoms with Gasteiger partial charge in [0, 0.05) is 17.3 Å². The van der Waals surface area contributed by atoms with Crippen molar-refractivity contribution in [1.29, 1.82) is 0 Å². The van der Waals surface area contributed by atoms with Crippen LogP contribution in [0.4, 0.5) is 0 Å². The van der Waals surface area contributed by atoms with Crippen molar-refractivity contribution < 1.29 is 14.3 Å². The van der Waals surface area contributed by atoms with Crippen molar-refractivity contribution in [3.05, 3.63) is 34.3 Å². The second kappa shape index (κ2) is 11.0. The van der Waals surface area contributed by atoms with Crippen LogP contribution in [0.25, 0.3) is 0 Å². The van der Waals surface area contributed by atoms with E-state index in [4.69, 9.17) is 0 Å². The molecule has 0 spiro atoms. The Balaban J connectivity index is 2.08. The zero-order valence-electron chi connectivity index (χ0n) is 12.7. The van der Waals surface area contributed by atoms with Gasteiger partial charge in [0.15, 0.2) is 0 Å². The van der Waals surface area contributed by atoms with Gasteiger partial charge in [0.1, 0.15) is 0 Å². The summed E-state index contributed by atoms with van der Waals surface area (Å²) >= 11 is 3.36. The molecular formula is C16H21BrN2O3. The summed E-state index contributed by atoms with van der Waals surface area (Å²) in [5.41, 5.74) is 3.43. The van der Waals surface area contributed by atoms with Crippen molar-refractivity contribution in [2.45, 2.75) is 38.5 Å². The van der Waals surface area contributed by atoms with Gasteiger partial charge in [-0.3, -0.25) is 9.59 Å². The molecule has 0 atom stereocenters.